The minimum Gasteiger partial charge on any atom is -0.377 e. The maximum absolute atomic E-state index is 11.4. The number of nitrogens with two attached hydrogens (primary N) is 1. The second-order valence-electron chi connectivity index (χ2n) is 9.29. The number of anilines is 2. The number of benzene rings is 2. The lowest BCUT2D eigenvalue weighted by atomic mass is 9.99. The van der Waals surface area contributed by atoms with Gasteiger partial charge in [0.05, 0.1) is 16.8 Å². The van der Waals surface area contributed by atoms with E-state index in [1.54, 1.807) is 11.0 Å². The van der Waals surface area contributed by atoms with Crippen LogP contribution in [0.3, 0.4) is 0 Å². The summed E-state index contributed by atoms with van der Waals surface area (Å²) in [6.07, 6.45) is 1.96. The van der Waals surface area contributed by atoms with Crippen LogP contribution in [-0.2, 0) is 0 Å². The summed E-state index contributed by atoms with van der Waals surface area (Å²) in [4.78, 5) is 18.2. The lowest BCUT2D eigenvalue weighted by Crippen LogP contribution is -2.58. The molecule has 0 aromatic heterocycles. The zero-order chi connectivity index (χ0) is 24.4. The van der Waals surface area contributed by atoms with Gasteiger partial charge in [-0.25, -0.2) is 4.79 Å². The number of hydrogen-bond donors (Lipinski definition) is 2. The number of halogens is 3. The van der Waals surface area contributed by atoms with Gasteiger partial charge in [-0.3, -0.25) is 4.90 Å². The van der Waals surface area contributed by atoms with Gasteiger partial charge in [0.2, 0.25) is 0 Å². The van der Waals surface area contributed by atoms with Gasteiger partial charge in [-0.15, -0.1) is 0 Å². The predicted octanol–water partition coefficient (Wildman–Crippen LogP) is 5.87. The second kappa shape index (κ2) is 10.8. The molecule has 6 nitrogen and oxygen atoms in total. The number of likely N-dealkylation sites (tertiary alicyclic amines) is 1. The van der Waals surface area contributed by atoms with Crippen LogP contribution in [0.15, 0.2) is 36.4 Å². The lowest BCUT2D eigenvalue weighted by molar-refractivity contribution is 0.0813. The number of nitrogens with zero attached hydrogens (tertiary/aromatic N) is 3. The molecule has 0 bridgehead atoms. The van der Waals surface area contributed by atoms with Crippen molar-refractivity contribution >= 4 is 52.2 Å². The van der Waals surface area contributed by atoms with Crippen LogP contribution in [0, 0.1) is 0 Å². The zero-order valence-corrected chi connectivity index (χ0v) is 21.9. The van der Waals surface area contributed by atoms with Crippen LogP contribution in [-0.4, -0.2) is 60.6 Å². The molecule has 1 unspecified atom stereocenters. The molecule has 0 radical (unpaired) electrons. The summed E-state index contributed by atoms with van der Waals surface area (Å²) in [5.74, 6) is 0. The topological polar surface area (TPSA) is 64.8 Å². The Morgan fingerprint density at radius 1 is 1.03 bits per heavy atom. The van der Waals surface area contributed by atoms with Crippen molar-refractivity contribution in [2.24, 2.45) is 5.73 Å². The molecule has 3 N–H and O–H groups in total. The third-order valence-electron chi connectivity index (χ3n) is 7.04. The smallest absolute Gasteiger partial charge is 0.314 e. The Kier molecular flexibility index (Phi) is 8.03. The van der Waals surface area contributed by atoms with Crippen molar-refractivity contribution in [1.29, 1.82) is 0 Å². The molecule has 4 rings (SSSR count). The molecule has 0 saturated carbocycles. The molecule has 2 fully saturated rings. The van der Waals surface area contributed by atoms with Gasteiger partial charge in [-0.05, 0) is 62.6 Å². The first-order chi connectivity index (χ1) is 16.2. The van der Waals surface area contributed by atoms with Crippen LogP contribution in [0.5, 0.6) is 0 Å². The van der Waals surface area contributed by atoms with Gasteiger partial charge in [0.15, 0.2) is 0 Å². The van der Waals surface area contributed by atoms with Gasteiger partial charge in [-0.2, -0.15) is 0 Å². The summed E-state index contributed by atoms with van der Waals surface area (Å²) in [7, 11) is 0. The Balaban J connectivity index is 1.40. The highest BCUT2D eigenvalue weighted by Gasteiger charge is 2.32. The van der Waals surface area contributed by atoms with E-state index in [0.29, 0.717) is 27.2 Å². The summed E-state index contributed by atoms with van der Waals surface area (Å²) in [5, 5.41) is 5.44. The summed E-state index contributed by atoms with van der Waals surface area (Å²) in [5.41, 5.74) is 8.44. The van der Waals surface area contributed by atoms with E-state index in [1.165, 1.54) is 0 Å². The highest BCUT2D eigenvalue weighted by atomic mass is 35.5. The van der Waals surface area contributed by atoms with E-state index in [4.69, 9.17) is 40.5 Å². The number of hydrogen-bond acceptors (Lipinski definition) is 4. The van der Waals surface area contributed by atoms with Crippen LogP contribution in [0.4, 0.5) is 16.2 Å². The summed E-state index contributed by atoms with van der Waals surface area (Å²) in [6.45, 7) is 8.71. The Labute approximate surface area is 216 Å². The molecule has 2 aromatic rings. The third kappa shape index (κ3) is 5.68. The summed E-state index contributed by atoms with van der Waals surface area (Å²) >= 11 is 19.0. The Hall–Kier alpha value is -1.86. The quantitative estimate of drug-likeness (QED) is 0.513. The van der Waals surface area contributed by atoms with Crippen molar-refractivity contribution in [2.75, 3.05) is 42.9 Å². The van der Waals surface area contributed by atoms with Crippen molar-refractivity contribution in [3.05, 3.63) is 57.0 Å². The Bertz CT molecular complexity index is 1030. The van der Waals surface area contributed by atoms with Crippen molar-refractivity contribution in [1.82, 2.24) is 9.80 Å². The molecule has 2 heterocycles. The summed E-state index contributed by atoms with van der Waals surface area (Å²) < 4.78 is 0. The molecule has 9 heteroatoms. The number of carbonyl (C=O) groups is 1. The Morgan fingerprint density at radius 2 is 1.76 bits per heavy atom. The van der Waals surface area contributed by atoms with E-state index in [2.05, 4.69) is 41.1 Å². The van der Waals surface area contributed by atoms with Crippen molar-refractivity contribution < 1.29 is 4.79 Å². The number of piperazine rings is 1. The summed E-state index contributed by atoms with van der Waals surface area (Å²) in [6, 6.07) is 12.3. The van der Waals surface area contributed by atoms with Crippen LogP contribution in [0.2, 0.25) is 15.1 Å². The highest BCUT2D eigenvalue weighted by molar-refractivity contribution is 6.35. The molecule has 2 atom stereocenters. The molecule has 2 aromatic carbocycles. The number of rotatable bonds is 5. The fourth-order valence-corrected chi connectivity index (χ4v) is 5.90. The molecule has 34 heavy (non-hydrogen) atoms. The molecule has 2 saturated heterocycles. The molecular weight excluding hydrogens is 493 g/mol. The number of primary amides is 1. The van der Waals surface area contributed by atoms with Gasteiger partial charge in [-0.1, -0.05) is 40.9 Å². The van der Waals surface area contributed by atoms with Gasteiger partial charge in [0.1, 0.15) is 0 Å². The minimum absolute atomic E-state index is 0.0282. The number of carbonyl (C=O) groups excluding carboxylic acids is 1. The number of nitrogens with one attached hydrogen (secondary N) is 1. The Morgan fingerprint density at radius 3 is 2.41 bits per heavy atom. The fraction of sp³-hybridized carbons (Fsp3) is 0.480. The molecular formula is C25H32Cl3N5O. The first-order valence-electron chi connectivity index (χ1n) is 11.8. The largest absolute Gasteiger partial charge is 0.377 e. The molecule has 0 spiro atoms. The average Bonchev–Trinajstić information content (AvgIpc) is 2.80. The van der Waals surface area contributed by atoms with Crippen LogP contribution in [0.25, 0.3) is 0 Å². The molecule has 184 valence electrons. The average molecular weight is 525 g/mol. The van der Waals surface area contributed by atoms with E-state index in [0.717, 1.165) is 62.5 Å². The van der Waals surface area contributed by atoms with Gasteiger partial charge < -0.3 is 20.9 Å². The lowest BCUT2D eigenvalue weighted by Gasteiger charge is -2.47. The number of urea groups is 1. The fourth-order valence-electron chi connectivity index (χ4n) is 5.15. The first kappa shape index (κ1) is 25.2. The predicted molar refractivity (Wildman–Crippen MR) is 143 cm³/mol. The maximum atomic E-state index is 11.4. The maximum Gasteiger partial charge on any atom is 0.314 e. The standard InChI is InChI=1S/C25H32Cl3N5O/c1-16-15-32(11-12-33(16)19-7-9-31(10-8-19)25(29)34)20-4-6-22(27)24(14-20)30-17(2)21-5-3-18(26)13-23(21)28/h3-6,13-14,16-17,19,30H,7-12,15H2,1-2H3,(H2,29,34)/t16?,17-/m1/s1. The zero-order valence-electron chi connectivity index (χ0n) is 19.6. The van der Waals surface area contributed by atoms with E-state index in [9.17, 15) is 4.79 Å². The van der Waals surface area contributed by atoms with Gasteiger partial charge in [0.25, 0.3) is 0 Å². The van der Waals surface area contributed by atoms with Crippen LogP contribution >= 0.6 is 34.8 Å². The number of piperidine rings is 1. The van der Waals surface area contributed by atoms with Crippen molar-refractivity contribution in [2.45, 2.75) is 44.8 Å². The molecule has 0 aliphatic carbocycles. The number of amides is 2. The minimum atomic E-state index is -0.309. The van der Waals surface area contributed by atoms with E-state index in [-0.39, 0.29) is 12.1 Å². The van der Waals surface area contributed by atoms with Crippen LogP contribution in [0.1, 0.15) is 38.3 Å². The van der Waals surface area contributed by atoms with Crippen molar-refractivity contribution in [3.8, 4) is 0 Å². The molecule has 2 amide bonds. The molecule has 2 aliphatic rings. The van der Waals surface area contributed by atoms with E-state index < -0.39 is 0 Å². The SMILES string of the molecule is CC1CN(c2ccc(Cl)c(N[C@H](C)c3ccc(Cl)cc3Cl)c2)CCN1C1CCN(C(N)=O)CC1. The monoisotopic (exact) mass is 523 g/mol. The van der Waals surface area contributed by atoms with E-state index >= 15 is 0 Å². The normalized spacial score (nSPS) is 20.9. The van der Waals surface area contributed by atoms with Gasteiger partial charge >= 0.3 is 6.03 Å². The van der Waals surface area contributed by atoms with E-state index in [1.807, 2.05) is 18.2 Å². The third-order valence-corrected chi connectivity index (χ3v) is 7.93. The highest BCUT2D eigenvalue weighted by Crippen LogP contribution is 2.34. The van der Waals surface area contributed by atoms with Gasteiger partial charge in [0, 0.05) is 60.5 Å². The molecule has 2 aliphatic heterocycles. The van der Waals surface area contributed by atoms with Crippen LogP contribution < -0.4 is 16.0 Å². The second-order valence-corrected chi connectivity index (χ2v) is 10.5. The van der Waals surface area contributed by atoms with Crippen molar-refractivity contribution in [3.63, 3.8) is 0 Å². The first-order valence-corrected chi connectivity index (χ1v) is 12.9.